The van der Waals surface area contributed by atoms with Crippen LogP contribution in [0.3, 0.4) is 0 Å². The van der Waals surface area contributed by atoms with E-state index in [0.29, 0.717) is 30.2 Å². The molecule has 0 spiro atoms. The zero-order valence-electron chi connectivity index (χ0n) is 17.5. The Kier molecular flexibility index (Phi) is 5.01. The average molecular weight is 431 g/mol. The molecule has 1 aliphatic rings. The number of aliphatic carboxylic acids is 1. The molecule has 32 heavy (non-hydrogen) atoms. The summed E-state index contributed by atoms with van der Waals surface area (Å²) in [7, 11) is 0. The Morgan fingerprint density at radius 1 is 1.22 bits per heavy atom. The van der Waals surface area contributed by atoms with E-state index in [1.807, 2.05) is 60.0 Å². The zero-order chi connectivity index (χ0) is 22.2. The maximum absolute atomic E-state index is 15.5. The van der Waals surface area contributed by atoms with Gasteiger partial charge in [0.2, 0.25) is 0 Å². The standard InChI is InChI=1S/C25H22FN3O3/c1-15-28-20-6-2-3-7-21(20)29(15)22-8-4-5-16(25(22)26)13-27-18-9-10-19-17(11-24(30)31)14-32-23(19)12-18/h2-10,12,17,27H,11,13-14H2,1H3,(H,30,31)/t17-/m1/s1. The van der Waals surface area contributed by atoms with Crippen LogP contribution in [0.2, 0.25) is 0 Å². The van der Waals surface area contributed by atoms with Crippen molar-refractivity contribution in [2.75, 3.05) is 11.9 Å². The highest BCUT2D eigenvalue weighted by Crippen LogP contribution is 2.37. The molecule has 0 amide bonds. The monoisotopic (exact) mass is 431 g/mol. The number of nitrogens with one attached hydrogen (secondary N) is 1. The predicted octanol–water partition coefficient (Wildman–Crippen LogP) is 5.04. The minimum Gasteiger partial charge on any atom is -0.493 e. The van der Waals surface area contributed by atoms with E-state index < -0.39 is 5.97 Å². The van der Waals surface area contributed by atoms with Gasteiger partial charge in [0.15, 0.2) is 5.82 Å². The molecule has 0 saturated carbocycles. The van der Waals surface area contributed by atoms with Gasteiger partial charge in [-0.2, -0.15) is 0 Å². The molecule has 7 heteroatoms. The van der Waals surface area contributed by atoms with Crippen molar-refractivity contribution in [3.05, 3.63) is 83.4 Å². The Morgan fingerprint density at radius 2 is 2.06 bits per heavy atom. The molecule has 1 aliphatic heterocycles. The lowest BCUT2D eigenvalue weighted by molar-refractivity contribution is -0.137. The topological polar surface area (TPSA) is 76.4 Å². The van der Waals surface area contributed by atoms with Gasteiger partial charge in [-0.05, 0) is 31.2 Å². The summed E-state index contributed by atoms with van der Waals surface area (Å²) in [4.78, 5) is 15.6. The fourth-order valence-corrected chi connectivity index (χ4v) is 4.29. The lowest BCUT2D eigenvalue weighted by Gasteiger charge is -2.13. The van der Waals surface area contributed by atoms with Crippen molar-refractivity contribution in [3.63, 3.8) is 0 Å². The summed E-state index contributed by atoms with van der Waals surface area (Å²) < 4.78 is 23.0. The first kappa shape index (κ1) is 20.1. The number of hydrogen-bond acceptors (Lipinski definition) is 4. The number of fused-ring (bicyclic) bond motifs is 2. The molecule has 0 radical (unpaired) electrons. The van der Waals surface area contributed by atoms with Crippen LogP contribution in [0, 0.1) is 12.7 Å². The number of ether oxygens (including phenoxy) is 1. The number of aromatic nitrogens is 2. The predicted molar refractivity (Wildman–Crippen MR) is 120 cm³/mol. The second-order valence-electron chi connectivity index (χ2n) is 7.95. The molecule has 4 aromatic rings. The summed E-state index contributed by atoms with van der Waals surface area (Å²) in [6.07, 6.45) is 0.0418. The second kappa shape index (κ2) is 8.00. The minimum atomic E-state index is -0.843. The number of carbonyl (C=O) groups is 1. The van der Waals surface area contributed by atoms with Crippen molar-refractivity contribution in [2.45, 2.75) is 25.8 Å². The number of hydrogen-bond donors (Lipinski definition) is 2. The summed E-state index contributed by atoms with van der Waals surface area (Å²) in [6, 6.07) is 18.6. The first-order valence-electron chi connectivity index (χ1n) is 10.5. The third kappa shape index (κ3) is 3.56. The smallest absolute Gasteiger partial charge is 0.304 e. The molecule has 5 rings (SSSR count). The number of para-hydroxylation sites is 2. The van der Waals surface area contributed by atoms with Crippen molar-refractivity contribution >= 4 is 22.7 Å². The number of rotatable bonds is 6. The van der Waals surface area contributed by atoms with Crippen LogP contribution in [0.15, 0.2) is 60.7 Å². The Bertz CT molecular complexity index is 1330. The van der Waals surface area contributed by atoms with E-state index in [1.54, 1.807) is 12.1 Å². The van der Waals surface area contributed by atoms with E-state index in [-0.39, 0.29) is 18.2 Å². The molecule has 0 unspecified atom stereocenters. The zero-order valence-corrected chi connectivity index (χ0v) is 17.5. The molecular formula is C25H22FN3O3. The first-order chi connectivity index (χ1) is 15.5. The molecule has 3 aromatic carbocycles. The third-order valence-electron chi connectivity index (χ3n) is 5.83. The molecule has 2 heterocycles. The van der Waals surface area contributed by atoms with Crippen molar-refractivity contribution < 1.29 is 19.0 Å². The number of anilines is 1. The van der Waals surface area contributed by atoms with Crippen LogP contribution in [0.4, 0.5) is 10.1 Å². The van der Waals surface area contributed by atoms with E-state index in [9.17, 15) is 4.79 Å². The van der Waals surface area contributed by atoms with Gasteiger partial charge in [0.25, 0.3) is 0 Å². The van der Waals surface area contributed by atoms with E-state index in [0.717, 1.165) is 28.1 Å². The molecule has 0 bridgehead atoms. The van der Waals surface area contributed by atoms with Crippen LogP contribution in [-0.4, -0.2) is 27.2 Å². The Hall–Kier alpha value is -3.87. The molecule has 0 aliphatic carbocycles. The Balaban J connectivity index is 1.39. The molecule has 6 nitrogen and oxygen atoms in total. The van der Waals surface area contributed by atoms with E-state index in [1.165, 1.54) is 0 Å². The van der Waals surface area contributed by atoms with Crippen LogP contribution in [0.5, 0.6) is 5.75 Å². The molecule has 2 N–H and O–H groups in total. The average Bonchev–Trinajstić information content (AvgIpc) is 3.32. The molecule has 1 aromatic heterocycles. The largest absolute Gasteiger partial charge is 0.493 e. The van der Waals surface area contributed by atoms with Gasteiger partial charge in [-0.15, -0.1) is 0 Å². The van der Waals surface area contributed by atoms with Gasteiger partial charge in [-0.3, -0.25) is 9.36 Å². The quantitative estimate of drug-likeness (QED) is 0.448. The summed E-state index contributed by atoms with van der Waals surface area (Å²) in [5, 5.41) is 12.3. The van der Waals surface area contributed by atoms with Crippen LogP contribution < -0.4 is 10.1 Å². The van der Waals surface area contributed by atoms with Crippen LogP contribution in [-0.2, 0) is 11.3 Å². The van der Waals surface area contributed by atoms with Crippen LogP contribution in [0.1, 0.15) is 29.3 Å². The van der Waals surface area contributed by atoms with Gasteiger partial charge in [0.05, 0.1) is 29.7 Å². The lowest BCUT2D eigenvalue weighted by Crippen LogP contribution is -2.07. The molecular weight excluding hydrogens is 409 g/mol. The van der Waals surface area contributed by atoms with Crippen molar-refractivity contribution in [3.8, 4) is 11.4 Å². The highest BCUT2D eigenvalue weighted by Gasteiger charge is 2.26. The van der Waals surface area contributed by atoms with Crippen molar-refractivity contribution in [2.24, 2.45) is 0 Å². The van der Waals surface area contributed by atoms with E-state index >= 15 is 4.39 Å². The maximum Gasteiger partial charge on any atom is 0.304 e. The molecule has 1 atom stereocenters. The molecule has 162 valence electrons. The van der Waals surface area contributed by atoms with Gasteiger partial charge in [0.1, 0.15) is 11.6 Å². The maximum atomic E-state index is 15.5. The number of imidazole rings is 1. The van der Waals surface area contributed by atoms with Crippen molar-refractivity contribution in [1.29, 1.82) is 0 Å². The lowest BCUT2D eigenvalue weighted by atomic mass is 9.98. The number of benzene rings is 3. The molecule has 0 saturated heterocycles. The number of carboxylic acids is 1. The third-order valence-corrected chi connectivity index (χ3v) is 5.83. The van der Waals surface area contributed by atoms with Crippen LogP contribution in [0.25, 0.3) is 16.7 Å². The fourth-order valence-electron chi connectivity index (χ4n) is 4.29. The van der Waals surface area contributed by atoms with E-state index in [2.05, 4.69) is 10.3 Å². The van der Waals surface area contributed by atoms with Gasteiger partial charge in [-0.1, -0.05) is 30.3 Å². The summed E-state index contributed by atoms with van der Waals surface area (Å²) >= 11 is 0. The SMILES string of the molecule is Cc1nc2ccccc2n1-c1cccc(CNc2ccc3c(c2)OC[C@H]3CC(=O)O)c1F. The summed E-state index contributed by atoms with van der Waals surface area (Å²) in [6.45, 7) is 2.52. The summed E-state index contributed by atoms with van der Waals surface area (Å²) in [5.74, 6) is 0.117. The van der Waals surface area contributed by atoms with Crippen LogP contribution >= 0.6 is 0 Å². The number of aryl methyl sites for hydroxylation is 1. The molecule has 0 fully saturated rings. The Labute approximate surface area is 184 Å². The van der Waals surface area contributed by atoms with E-state index in [4.69, 9.17) is 9.84 Å². The number of nitrogens with zero attached hydrogens (tertiary/aromatic N) is 2. The number of halogens is 1. The van der Waals surface area contributed by atoms with Gasteiger partial charge < -0.3 is 15.2 Å². The highest BCUT2D eigenvalue weighted by atomic mass is 19.1. The highest BCUT2D eigenvalue weighted by molar-refractivity contribution is 5.78. The Morgan fingerprint density at radius 3 is 2.91 bits per heavy atom. The fraction of sp³-hybridized carbons (Fsp3) is 0.200. The number of carboxylic acid groups (broad SMARTS) is 1. The first-order valence-corrected chi connectivity index (χ1v) is 10.5. The van der Waals surface area contributed by atoms with Gasteiger partial charge in [0, 0.05) is 35.3 Å². The summed E-state index contributed by atoms with van der Waals surface area (Å²) in [5.41, 5.74) is 4.37. The van der Waals surface area contributed by atoms with Gasteiger partial charge in [-0.25, -0.2) is 9.37 Å². The normalized spacial score (nSPS) is 14.9. The van der Waals surface area contributed by atoms with Gasteiger partial charge >= 0.3 is 5.97 Å². The minimum absolute atomic E-state index is 0.0418. The second-order valence-corrected chi connectivity index (χ2v) is 7.95. The van der Waals surface area contributed by atoms with Crippen molar-refractivity contribution in [1.82, 2.24) is 9.55 Å².